The predicted octanol–water partition coefficient (Wildman–Crippen LogP) is 4.69. The van der Waals surface area contributed by atoms with E-state index >= 15 is 0 Å². The fourth-order valence-corrected chi connectivity index (χ4v) is 5.82. The molecule has 0 bridgehead atoms. The average Bonchev–Trinajstić information content (AvgIpc) is 2.91. The highest BCUT2D eigenvalue weighted by Crippen LogP contribution is 2.25. The van der Waals surface area contributed by atoms with Gasteiger partial charge in [-0.15, -0.1) is 0 Å². The number of para-hydroxylation sites is 1. The summed E-state index contributed by atoms with van der Waals surface area (Å²) in [6.07, 6.45) is 4.80. The summed E-state index contributed by atoms with van der Waals surface area (Å²) in [5, 5.41) is 3.00. The van der Waals surface area contributed by atoms with E-state index in [0.717, 1.165) is 31.6 Å². The van der Waals surface area contributed by atoms with Gasteiger partial charge in [-0.25, -0.2) is 8.42 Å². The van der Waals surface area contributed by atoms with Gasteiger partial charge < -0.3 is 10.2 Å². The molecule has 6 nitrogen and oxygen atoms in total. The molecule has 4 rings (SSSR count). The minimum Gasteiger partial charge on any atom is -0.352 e. The molecule has 35 heavy (non-hydrogen) atoms. The van der Waals surface area contributed by atoms with Gasteiger partial charge >= 0.3 is 0 Å². The normalized spacial score (nSPS) is 14.4. The summed E-state index contributed by atoms with van der Waals surface area (Å²) >= 11 is 0. The molecule has 1 N–H and O–H groups in total. The lowest BCUT2D eigenvalue weighted by Crippen LogP contribution is -2.33. The van der Waals surface area contributed by atoms with Crippen molar-refractivity contribution in [2.75, 3.05) is 30.5 Å². The van der Waals surface area contributed by atoms with E-state index in [0.29, 0.717) is 17.8 Å². The van der Waals surface area contributed by atoms with Crippen molar-refractivity contribution >= 4 is 21.6 Å². The zero-order valence-electron chi connectivity index (χ0n) is 20.0. The lowest BCUT2D eigenvalue weighted by atomic mass is 10.1. The number of hydrogen-bond donors (Lipinski definition) is 1. The minimum atomic E-state index is -3.75. The highest BCUT2D eigenvalue weighted by atomic mass is 32.2. The molecule has 1 fully saturated rings. The Hall–Kier alpha value is -3.16. The molecule has 184 valence electrons. The molecule has 1 amide bonds. The maximum atomic E-state index is 13.4. The summed E-state index contributed by atoms with van der Waals surface area (Å²) in [4.78, 5) is 15.3. The molecule has 0 radical (unpaired) electrons. The Balaban J connectivity index is 1.40. The largest absolute Gasteiger partial charge is 0.352 e. The van der Waals surface area contributed by atoms with Crippen molar-refractivity contribution in [3.05, 3.63) is 96.1 Å². The van der Waals surface area contributed by atoms with Crippen LogP contribution in [0.15, 0.2) is 89.8 Å². The van der Waals surface area contributed by atoms with E-state index in [-0.39, 0.29) is 17.3 Å². The first-order valence-corrected chi connectivity index (χ1v) is 13.7. The summed E-state index contributed by atoms with van der Waals surface area (Å²) in [5.41, 5.74) is 1.96. The van der Waals surface area contributed by atoms with Gasteiger partial charge in [0.1, 0.15) is 0 Å². The van der Waals surface area contributed by atoms with Crippen LogP contribution in [0, 0.1) is 0 Å². The van der Waals surface area contributed by atoms with Gasteiger partial charge in [0.25, 0.3) is 15.9 Å². The van der Waals surface area contributed by atoms with Crippen molar-refractivity contribution in [2.45, 2.75) is 37.1 Å². The van der Waals surface area contributed by atoms with Crippen LogP contribution in [0.1, 0.15) is 41.6 Å². The van der Waals surface area contributed by atoms with Gasteiger partial charge in [-0.05, 0) is 80.9 Å². The van der Waals surface area contributed by atoms with Crippen LogP contribution in [0.25, 0.3) is 0 Å². The standard InChI is InChI=1S/C28H33N3O3S/c32-28(29-19-10-22-30-20-8-3-9-21-30)25-17-15-24(16-18-25)23-31(26-11-4-1-5-12-26)35(33,34)27-13-6-2-7-14-27/h1-2,4-7,11-18H,3,8-10,19-23H2,(H,29,32). The van der Waals surface area contributed by atoms with E-state index in [1.54, 1.807) is 54.6 Å². The summed E-state index contributed by atoms with van der Waals surface area (Å²) in [6, 6.07) is 24.7. The predicted molar refractivity (Wildman–Crippen MR) is 140 cm³/mol. The fraction of sp³-hybridized carbons (Fsp3) is 0.321. The summed E-state index contributed by atoms with van der Waals surface area (Å²) < 4.78 is 28.3. The number of amides is 1. The first-order valence-electron chi connectivity index (χ1n) is 12.3. The van der Waals surface area contributed by atoms with Crippen LogP contribution in [-0.4, -0.2) is 45.4 Å². The molecule has 0 aliphatic carbocycles. The lowest BCUT2D eigenvalue weighted by molar-refractivity contribution is 0.0951. The van der Waals surface area contributed by atoms with Crippen LogP contribution >= 0.6 is 0 Å². The van der Waals surface area contributed by atoms with E-state index in [1.165, 1.54) is 23.6 Å². The molecule has 3 aromatic rings. The molecule has 3 aromatic carbocycles. The van der Waals surface area contributed by atoms with Gasteiger partial charge in [-0.3, -0.25) is 9.10 Å². The van der Waals surface area contributed by atoms with E-state index in [9.17, 15) is 13.2 Å². The Kier molecular flexibility index (Phi) is 8.55. The number of nitrogens with zero attached hydrogens (tertiary/aromatic N) is 2. The molecular weight excluding hydrogens is 458 g/mol. The molecule has 1 aliphatic heterocycles. The topological polar surface area (TPSA) is 69.7 Å². The molecular formula is C28H33N3O3S. The maximum absolute atomic E-state index is 13.4. The van der Waals surface area contributed by atoms with Crippen molar-refractivity contribution in [3.63, 3.8) is 0 Å². The Morgan fingerprint density at radius 3 is 2.11 bits per heavy atom. The number of carbonyl (C=O) groups excluding carboxylic acids is 1. The second kappa shape index (κ2) is 12.0. The Labute approximate surface area is 208 Å². The molecule has 0 saturated carbocycles. The maximum Gasteiger partial charge on any atom is 0.264 e. The SMILES string of the molecule is O=C(NCCCN1CCCCC1)c1ccc(CN(c2ccccc2)S(=O)(=O)c2ccccc2)cc1. The molecule has 1 saturated heterocycles. The number of rotatable bonds is 10. The number of nitrogens with one attached hydrogen (secondary N) is 1. The van der Waals surface area contributed by atoms with Crippen LogP contribution in [-0.2, 0) is 16.6 Å². The van der Waals surface area contributed by atoms with Crippen LogP contribution < -0.4 is 9.62 Å². The number of benzene rings is 3. The van der Waals surface area contributed by atoms with Gasteiger partial charge in [0.05, 0.1) is 17.1 Å². The third-order valence-corrected chi connectivity index (χ3v) is 8.09. The molecule has 1 aliphatic rings. The van der Waals surface area contributed by atoms with E-state index in [4.69, 9.17) is 0 Å². The second-order valence-electron chi connectivity index (χ2n) is 8.87. The van der Waals surface area contributed by atoms with Crippen LogP contribution in [0.2, 0.25) is 0 Å². The molecule has 1 heterocycles. The Morgan fingerprint density at radius 2 is 1.46 bits per heavy atom. The summed E-state index contributed by atoms with van der Waals surface area (Å²) in [5.74, 6) is -0.105. The molecule has 0 spiro atoms. The highest BCUT2D eigenvalue weighted by Gasteiger charge is 2.25. The number of carbonyl (C=O) groups is 1. The first-order chi connectivity index (χ1) is 17.0. The van der Waals surface area contributed by atoms with Crippen molar-refractivity contribution in [3.8, 4) is 0 Å². The number of sulfonamides is 1. The van der Waals surface area contributed by atoms with Crippen molar-refractivity contribution in [2.24, 2.45) is 0 Å². The highest BCUT2D eigenvalue weighted by molar-refractivity contribution is 7.92. The number of hydrogen-bond acceptors (Lipinski definition) is 4. The molecule has 0 atom stereocenters. The number of likely N-dealkylation sites (tertiary alicyclic amines) is 1. The Morgan fingerprint density at radius 1 is 0.829 bits per heavy atom. The van der Waals surface area contributed by atoms with Gasteiger partial charge in [0, 0.05) is 12.1 Å². The van der Waals surface area contributed by atoms with Crippen LogP contribution in [0.5, 0.6) is 0 Å². The van der Waals surface area contributed by atoms with Crippen LogP contribution in [0.4, 0.5) is 5.69 Å². The van der Waals surface area contributed by atoms with Crippen molar-refractivity contribution in [1.29, 1.82) is 0 Å². The minimum absolute atomic E-state index is 0.105. The smallest absolute Gasteiger partial charge is 0.264 e. The number of anilines is 1. The zero-order chi connectivity index (χ0) is 24.5. The van der Waals surface area contributed by atoms with Gasteiger partial charge in [0.2, 0.25) is 0 Å². The van der Waals surface area contributed by atoms with E-state index in [1.807, 2.05) is 30.3 Å². The summed E-state index contributed by atoms with van der Waals surface area (Å²) in [7, 11) is -3.75. The van der Waals surface area contributed by atoms with E-state index in [2.05, 4.69) is 10.2 Å². The second-order valence-corrected chi connectivity index (χ2v) is 10.7. The molecule has 0 aromatic heterocycles. The molecule has 7 heteroatoms. The number of piperidine rings is 1. The molecule has 0 unspecified atom stereocenters. The average molecular weight is 492 g/mol. The van der Waals surface area contributed by atoms with Gasteiger partial charge in [0.15, 0.2) is 0 Å². The van der Waals surface area contributed by atoms with Crippen LogP contribution in [0.3, 0.4) is 0 Å². The van der Waals surface area contributed by atoms with Gasteiger partial charge in [-0.2, -0.15) is 0 Å². The monoisotopic (exact) mass is 491 g/mol. The third-order valence-electron chi connectivity index (χ3n) is 6.30. The van der Waals surface area contributed by atoms with Crippen molar-refractivity contribution < 1.29 is 13.2 Å². The lowest BCUT2D eigenvalue weighted by Gasteiger charge is -2.26. The van der Waals surface area contributed by atoms with E-state index < -0.39 is 10.0 Å². The van der Waals surface area contributed by atoms with Crippen molar-refractivity contribution in [1.82, 2.24) is 10.2 Å². The zero-order valence-corrected chi connectivity index (χ0v) is 20.8. The summed E-state index contributed by atoms with van der Waals surface area (Å²) in [6.45, 7) is 4.16. The first kappa shape index (κ1) is 24.9. The fourth-order valence-electron chi connectivity index (χ4n) is 4.35. The Bertz CT molecular complexity index is 1180. The third kappa shape index (κ3) is 6.71. The van der Waals surface area contributed by atoms with Gasteiger partial charge in [-0.1, -0.05) is 55.0 Å². The quantitative estimate of drug-likeness (QED) is 0.418.